The summed E-state index contributed by atoms with van der Waals surface area (Å²) >= 11 is 0. The van der Waals surface area contributed by atoms with E-state index in [1.165, 1.54) is 31.4 Å². The van der Waals surface area contributed by atoms with E-state index in [1.807, 2.05) is 0 Å². The molecule has 0 saturated heterocycles. The standard InChI is InChI=1S/C13H15F7O4S2/c1-23-10-6-4-9(5-7-10)8-25(2,3)24-26(21,22)13(19,20)11(14,15)12(16,17)18/h4-7H,8H2,1-3H3. The molecule has 4 nitrogen and oxygen atoms in total. The maximum Gasteiger partial charge on any atom is 0.461 e. The molecular formula is C13H15F7O4S2. The van der Waals surface area contributed by atoms with Crippen LogP contribution in [0.15, 0.2) is 24.3 Å². The Bertz CT molecular complexity index is 728. The van der Waals surface area contributed by atoms with E-state index in [-0.39, 0.29) is 5.75 Å². The second-order valence-electron chi connectivity index (χ2n) is 5.54. The molecule has 0 atom stereocenters. The van der Waals surface area contributed by atoms with Gasteiger partial charge in [-0.1, -0.05) is 12.1 Å². The summed E-state index contributed by atoms with van der Waals surface area (Å²) in [5, 5.41) is -6.48. The van der Waals surface area contributed by atoms with Gasteiger partial charge < -0.3 is 4.74 Å². The van der Waals surface area contributed by atoms with Gasteiger partial charge in [0.2, 0.25) is 0 Å². The second kappa shape index (κ2) is 7.08. The first-order chi connectivity index (χ1) is 11.5. The number of rotatable bonds is 7. The van der Waals surface area contributed by atoms with E-state index in [2.05, 4.69) is 3.63 Å². The van der Waals surface area contributed by atoms with Crippen molar-refractivity contribution >= 4 is 20.4 Å². The Morgan fingerprint density at radius 2 is 1.38 bits per heavy atom. The lowest BCUT2D eigenvalue weighted by Crippen LogP contribution is -2.56. The maximum absolute atomic E-state index is 13.5. The van der Waals surface area contributed by atoms with Gasteiger partial charge in [-0.05, 0) is 30.2 Å². The van der Waals surface area contributed by atoms with Gasteiger partial charge in [-0.3, -0.25) is 0 Å². The fraction of sp³-hybridized carbons (Fsp3) is 0.538. The lowest BCUT2D eigenvalue weighted by Gasteiger charge is -2.34. The third-order valence-corrected chi connectivity index (χ3v) is 7.09. The fourth-order valence-electron chi connectivity index (χ4n) is 1.75. The van der Waals surface area contributed by atoms with Gasteiger partial charge in [-0.15, -0.1) is 10.3 Å². The number of benzene rings is 1. The lowest BCUT2D eigenvalue weighted by molar-refractivity contribution is -0.333. The average Bonchev–Trinajstić information content (AvgIpc) is 2.44. The number of halogens is 7. The molecule has 0 fully saturated rings. The Morgan fingerprint density at radius 3 is 1.77 bits per heavy atom. The first-order valence-electron chi connectivity index (χ1n) is 6.59. The first-order valence-corrected chi connectivity index (χ1v) is 10.5. The smallest absolute Gasteiger partial charge is 0.461 e. The van der Waals surface area contributed by atoms with Crippen LogP contribution in [0.2, 0.25) is 0 Å². The van der Waals surface area contributed by atoms with Gasteiger partial charge in [0.25, 0.3) is 0 Å². The molecule has 0 amide bonds. The largest absolute Gasteiger partial charge is 0.497 e. The summed E-state index contributed by atoms with van der Waals surface area (Å²) in [5.41, 5.74) is 0.381. The molecule has 0 aliphatic rings. The molecule has 26 heavy (non-hydrogen) atoms. The lowest BCUT2D eigenvalue weighted by atomic mass is 10.2. The van der Waals surface area contributed by atoms with E-state index in [9.17, 15) is 39.2 Å². The van der Waals surface area contributed by atoms with Gasteiger partial charge in [0, 0.05) is 5.75 Å². The average molecular weight is 432 g/mol. The maximum atomic E-state index is 13.5. The summed E-state index contributed by atoms with van der Waals surface area (Å²) in [6.45, 7) is 0. The van der Waals surface area contributed by atoms with Crippen LogP contribution in [-0.4, -0.2) is 45.4 Å². The topological polar surface area (TPSA) is 52.6 Å². The third kappa shape index (κ3) is 4.55. The molecule has 1 aromatic rings. The fourth-order valence-corrected chi connectivity index (χ4v) is 5.65. The Balaban J connectivity index is 3.09. The van der Waals surface area contributed by atoms with E-state index in [1.54, 1.807) is 0 Å². The van der Waals surface area contributed by atoms with Crippen molar-refractivity contribution in [1.29, 1.82) is 0 Å². The summed E-state index contributed by atoms with van der Waals surface area (Å²) in [5.74, 6) is -6.66. The summed E-state index contributed by atoms with van der Waals surface area (Å²) in [6, 6.07) is 5.80. The predicted molar refractivity (Wildman–Crippen MR) is 82.1 cm³/mol. The molecule has 0 heterocycles. The zero-order valence-corrected chi connectivity index (χ0v) is 15.2. The molecule has 0 unspecified atom stereocenters. The normalized spacial score (nSPS) is 15.0. The Hall–Kier alpha value is -1.21. The number of methoxy groups -OCH3 is 1. The highest BCUT2D eigenvalue weighted by atomic mass is 32.3. The van der Waals surface area contributed by atoms with Crippen molar-refractivity contribution in [2.24, 2.45) is 0 Å². The van der Waals surface area contributed by atoms with Crippen LogP contribution in [0, 0.1) is 0 Å². The van der Waals surface area contributed by atoms with Gasteiger partial charge in [0.05, 0.1) is 7.11 Å². The minimum atomic E-state index is -6.81. The molecule has 0 aliphatic carbocycles. The number of hydrogen-bond acceptors (Lipinski definition) is 4. The van der Waals surface area contributed by atoms with Gasteiger partial charge in [0.1, 0.15) is 5.75 Å². The highest BCUT2D eigenvalue weighted by Gasteiger charge is 2.79. The molecule has 0 aliphatic heterocycles. The van der Waals surface area contributed by atoms with E-state index in [4.69, 9.17) is 4.74 Å². The zero-order chi connectivity index (χ0) is 20.6. The Morgan fingerprint density at radius 1 is 0.923 bits per heavy atom. The molecule has 1 rings (SSSR count). The predicted octanol–water partition coefficient (Wildman–Crippen LogP) is 4.31. The van der Waals surface area contributed by atoms with E-state index >= 15 is 0 Å². The second-order valence-corrected chi connectivity index (χ2v) is 10.7. The summed E-state index contributed by atoms with van der Waals surface area (Å²) in [4.78, 5) is 0. The van der Waals surface area contributed by atoms with Crippen LogP contribution in [0.3, 0.4) is 0 Å². The molecule has 152 valence electrons. The van der Waals surface area contributed by atoms with Crippen LogP contribution in [0.5, 0.6) is 5.75 Å². The monoisotopic (exact) mass is 432 g/mol. The molecule has 0 radical (unpaired) electrons. The molecule has 1 aromatic carbocycles. The van der Waals surface area contributed by atoms with E-state index < -0.39 is 37.8 Å². The minimum absolute atomic E-state index is 0.288. The van der Waals surface area contributed by atoms with Crippen molar-refractivity contribution < 1.29 is 47.5 Å². The quantitative estimate of drug-likeness (QED) is 0.603. The molecule has 0 bridgehead atoms. The first kappa shape index (κ1) is 22.8. The Kier molecular flexibility index (Phi) is 6.21. The zero-order valence-electron chi connectivity index (χ0n) is 13.6. The molecule has 0 N–H and O–H groups in total. The minimum Gasteiger partial charge on any atom is -0.497 e. The SMILES string of the molecule is COc1ccc(CS(C)(C)OS(=O)(=O)C(F)(F)C(F)(F)C(F)(F)F)cc1. The van der Waals surface area contributed by atoms with Crippen LogP contribution in [0.25, 0.3) is 0 Å². The van der Waals surface area contributed by atoms with Gasteiger partial charge in [0.15, 0.2) is 0 Å². The highest BCUT2D eigenvalue weighted by Crippen LogP contribution is 2.54. The van der Waals surface area contributed by atoms with Crippen LogP contribution in [-0.2, 0) is 19.5 Å². The van der Waals surface area contributed by atoms with Crippen molar-refractivity contribution in [3.63, 3.8) is 0 Å². The van der Waals surface area contributed by atoms with Crippen molar-refractivity contribution in [3.05, 3.63) is 29.8 Å². The summed E-state index contributed by atoms with van der Waals surface area (Å²) < 4.78 is 121. The molecular weight excluding hydrogens is 417 g/mol. The summed E-state index contributed by atoms with van der Waals surface area (Å²) in [7, 11) is -8.21. The van der Waals surface area contributed by atoms with Crippen molar-refractivity contribution in [3.8, 4) is 5.75 Å². The van der Waals surface area contributed by atoms with Crippen LogP contribution < -0.4 is 4.74 Å². The van der Waals surface area contributed by atoms with Gasteiger partial charge in [-0.25, -0.2) is 3.63 Å². The number of hydrogen-bond donors (Lipinski definition) is 0. The van der Waals surface area contributed by atoms with Crippen molar-refractivity contribution in [2.75, 3.05) is 19.6 Å². The molecule has 0 aromatic heterocycles. The van der Waals surface area contributed by atoms with Gasteiger partial charge >= 0.3 is 27.5 Å². The molecule has 0 saturated carbocycles. The number of alkyl halides is 7. The summed E-state index contributed by atoms with van der Waals surface area (Å²) in [6.07, 6.45) is -4.70. The molecule has 13 heteroatoms. The number of ether oxygens (including phenoxy) is 1. The van der Waals surface area contributed by atoms with E-state index in [0.717, 1.165) is 12.5 Å². The highest BCUT2D eigenvalue weighted by molar-refractivity contribution is 8.31. The van der Waals surface area contributed by atoms with Crippen LogP contribution in [0.4, 0.5) is 30.7 Å². The Labute approximate surface area is 146 Å². The van der Waals surface area contributed by atoms with E-state index in [0.29, 0.717) is 11.3 Å². The van der Waals surface area contributed by atoms with Crippen LogP contribution in [0.1, 0.15) is 5.56 Å². The van der Waals surface area contributed by atoms with Crippen LogP contribution >= 0.6 is 10.3 Å². The molecule has 0 spiro atoms. The van der Waals surface area contributed by atoms with Crippen molar-refractivity contribution in [1.82, 2.24) is 0 Å². The third-order valence-electron chi connectivity index (χ3n) is 2.98. The van der Waals surface area contributed by atoms with Gasteiger partial charge in [-0.2, -0.15) is 39.2 Å². The van der Waals surface area contributed by atoms with Crippen molar-refractivity contribution in [2.45, 2.75) is 23.1 Å².